The van der Waals surface area contributed by atoms with Gasteiger partial charge in [-0.05, 0) is 24.5 Å². The number of nitrogens with zero attached hydrogens (tertiary/aromatic N) is 4. The molecule has 3 rings (SSSR count). The molecule has 0 aliphatic carbocycles. The third-order valence-corrected chi connectivity index (χ3v) is 3.20. The van der Waals surface area contributed by atoms with Crippen molar-refractivity contribution in [2.45, 2.75) is 12.8 Å². The van der Waals surface area contributed by atoms with Crippen LogP contribution in [0, 0.1) is 0 Å². The van der Waals surface area contributed by atoms with Gasteiger partial charge >= 0.3 is 11.8 Å². The Balaban J connectivity index is 1.79. The quantitative estimate of drug-likeness (QED) is 0.758. The number of nitrogens with one attached hydrogen (secondary N) is 1. The molecule has 0 saturated carbocycles. The van der Waals surface area contributed by atoms with E-state index in [2.05, 4.69) is 15.6 Å². The summed E-state index contributed by atoms with van der Waals surface area (Å²) in [5.74, 6) is -1.28. The zero-order valence-corrected chi connectivity index (χ0v) is 10.7. The van der Waals surface area contributed by atoms with Crippen LogP contribution in [0.5, 0.6) is 0 Å². The standard InChI is InChI=1S/C13H13N5O2/c19-12(16-17-8-14-15-9-17)13(20)18-7-3-5-10-4-1-2-6-11(10)18/h1-2,4,6,8-9H,3,5,7H2,(H,16,19). The number of anilines is 1. The van der Waals surface area contributed by atoms with Gasteiger partial charge in [-0.25, -0.2) is 4.68 Å². The highest BCUT2D eigenvalue weighted by atomic mass is 16.2. The van der Waals surface area contributed by atoms with Crippen LogP contribution in [0.4, 0.5) is 5.69 Å². The number of benzene rings is 1. The lowest BCUT2D eigenvalue weighted by molar-refractivity contribution is -0.135. The predicted molar refractivity (Wildman–Crippen MR) is 71.5 cm³/mol. The molecule has 1 aliphatic rings. The highest BCUT2D eigenvalue weighted by Gasteiger charge is 2.27. The highest BCUT2D eigenvalue weighted by Crippen LogP contribution is 2.26. The van der Waals surface area contributed by atoms with Crippen LogP contribution in [-0.4, -0.2) is 33.2 Å². The van der Waals surface area contributed by atoms with Crippen LogP contribution >= 0.6 is 0 Å². The zero-order valence-electron chi connectivity index (χ0n) is 10.7. The number of aryl methyl sites for hydroxylation is 1. The van der Waals surface area contributed by atoms with Crippen molar-refractivity contribution in [1.82, 2.24) is 14.9 Å². The largest absolute Gasteiger partial charge is 0.328 e. The van der Waals surface area contributed by atoms with E-state index in [1.54, 1.807) is 0 Å². The van der Waals surface area contributed by atoms with Gasteiger partial charge in [-0.3, -0.25) is 15.0 Å². The van der Waals surface area contributed by atoms with E-state index in [-0.39, 0.29) is 0 Å². The van der Waals surface area contributed by atoms with Crippen molar-refractivity contribution in [3.63, 3.8) is 0 Å². The average molecular weight is 271 g/mol. The van der Waals surface area contributed by atoms with Gasteiger partial charge in [0.25, 0.3) is 0 Å². The van der Waals surface area contributed by atoms with E-state index >= 15 is 0 Å². The summed E-state index contributed by atoms with van der Waals surface area (Å²) in [7, 11) is 0. The van der Waals surface area contributed by atoms with E-state index in [4.69, 9.17) is 0 Å². The molecule has 0 fully saturated rings. The van der Waals surface area contributed by atoms with Gasteiger partial charge < -0.3 is 4.90 Å². The maximum atomic E-state index is 12.2. The summed E-state index contributed by atoms with van der Waals surface area (Å²) >= 11 is 0. The molecule has 2 heterocycles. The predicted octanol–water partition coefficient (Wildman–Crippen LogP) is 0.328. The van der Waals surface area contributed by atoms with Gasteiger partial charge in [0.15, 0.2) is 0 Å². The van der Waals surface area contributed by atoms with Crippen molar-refractivity contribution < 1.29 is 9.59 Å². The Morgan fingerprint density at radius 2 is 1.90 bits per heavy atom. The Kier molecular flexibility index (Phi) is 3.16. The van der Waals surface area contributed by atoms with Crippen molar-refractivity contribution in [3.05, 3.63) is 42.5 Å². The molecule has 0 atom stereocenters. The SMILES string of the molecule is O=C(Nn1cnnc1)C(=O)N1CCCc2ccccc21. The molecule has 1 aromatic carbocycles. The second-order valence-electron chi connectivity index (χ2n) is 4.50. The summed E-state index contributed by atoms with van der Waals surface area (Å²) in [5.41, 5.74) is 4.31. The molecule has 1 N–H and O–H groups in total. The van der Waals surface area contributed by atoms with Crippen LogP contribution in [0.3, 0.4) is 0 Å². The van der Waals surface area contributed by atoms with Crippen LogP contribution in [-0.2, 0) is 16.0 Å². The van der Waals surface area contributed by atoms with E-state index in [1.165, 1.54) is 22.2 Å². The molecular weight excluding hydrogens is 258 g/mol. The van der Waals surface area contributed by atoms with Gasteiger partial charge in [0, 0.05) is 12.2 Å². The molecule has 2 amide bonds. The smallest absolute Gasteiger partial charge is 0.304 e. The van der Waals surface area contributed by atoms with Gasteiger partial charge in [0.05, 0.1) is 0 Å². The third-order valence-electron chi connectivity index (χ3n) is 3.20. The molecule has 0 spiro atoms. The molecular formula is C13H13N5O2. The number of para-hydroxylation sites is 1. The normalized spacial score (nSPS) is 13.7. The van der Waals surface area contributed by atoms with Gasteiger partial charge in [-0.15, -0.1) is 10.2 Å². The average Bonchev–Trinajstić information content (AvgIpc) is 2.99. The van der Waals surface area contributed by atoms with Gasteiger partial charge in [-0.1, -0.05) is 18.2 Å². The number of carbonyl (C=O) groups is 2. The molecule has 0 saturated heterocycles. The molecule has 0 radical (unpaired) electrons. The molecule has 7 heteroatoms. The minimum Gasteiger partial charge on any atom is -0.304 e. The second-order valence-corrected chi connectivity index (χ2v) is 4.50. The van der Waals surface area contributed by atoms with E-state index in [0.29, 0.717) is 6.54 Å². The maximum absolute atomic E-state index is 12.2. The summed E-state index contributed by atoms with van der Waals surface area (Å²) in [5, 5.41) is 7.11. The fourth-order valence-electron chi connectivity index (χ4n) is 2.29. The van der Waals surface area contributed by atoms with Gasteiger partial charge in [0.1, 0.15) is 12.7 Å². The number of amides is 2. The number of fused-ring (bicyclic) bond motifs is 1. The van der Waals surface area contributed by atoms with Gasteiger partial charge in [-0.2, -0.15) is 0 Å². The third kappa shape index (κ3) is 2.25. The van der Waals surface area contributed by atoms with Crippen molar-refractivity contribution >= 4 is 17.5 Å². The second kappa shape index (κ2) is 5.12. The van der Waals surface area contributed by atoms with Crippen LogP contribution < -0.4 is 10.3 Å². The number of hydrogen-bond donors (Lipinski definition) is 1. The molecule has 7 nitrogen and oxygen atoms in total. The van der Waals surface area contributed by atoms with E-state index in [0.717, 1.165) is 24.1 Å². The summed E-state index contributed by atoms with van der Waals surface area (Å²) in [4.78, 5) is 25.7. The monoisotopic (exact) mass is 271 g/mol. The van der Waals surface area contributed by atoms with E-state index in [9.17, 15) is 9.59 Å². The first-order valence-corrected chi connectivity index (χ1v) is 6.31. The lowest BCUT2D eigenvalue weighted by Crippen LogP contribution is -2.44. The first kappa shape index (κ1) is 12.3. The molecule has 2 aromatic rings. The molecule has 0 bridgehead atoms. The van der Waals surface area contributed by atoms with Crippen molar-refractivity contribution in [1.29, 1.82) is 0 Å². The first-order valence-electron chi connectivity index (χ1n) is 6.31. The summed E-state index contributed by atoms with van der Waals surface area (Å²) in [6.45, 7) is 0.547. The number of hydrogen-bond acceptors (Lipinski definition) is 4. The van der Waals surface area contributed by atoms with Crippen LogP contribution in [0.25, 0.3) is 0 Å². The van der Waals surface area contributed by atoms with E-state index < -0.39 is 11.8 Å². The number of carbonyl (C=O) groups excluding carboxylic acids is 2. The minimum absolute atomic E-state index is 0.547. The minimum atomic E-state index is -0.707. The molecule has 102 valence electrons. The number of aromatic nitrogens is 3. The van der Waals surface area contributed by atoms with Crippen LogP contribution in [0.2, 0.25) is 0 Å². The maximum Gasteiger partial charge on any atom is 0.328 e. The lowest BCUT2D eigenvalue weighted by Gasteiger charge is -2.28. The van der Waals surface area contributed by atoms with Crippen LogP contribution in [0.1, 0.15) is 12.0 Å². The number of rotatable bonds is 1. The van der Waals surface area contributed by atoms with Crippen molar-refractivity contribution in [3.8, 4) is 0 Å². The Bertz CT molecular complexity index is 638. The zero-order chi connectivity index (χ0) is 13.9. The molecule has 1 aromatic heterocycles. The van der Waals surface area contributed by atoms with Crippen molar-refractivity contribution in [2.24, 2.45) is 0 Å². The van der Waals surface area contributed by atoms with Crippen molar-refractivity contribution in [2.75, 3.05) is 16.9 Å². The molecule has 1 aliphatic heterocycles. The Hall–Kier alpha value is -2.70. The van der Waals surface area contributed by atoms with Crippen LogP contribution in [0.15, 0.2) is 36.9 Å². The fraction of sp³-hybridized carbons (Fsp3) is 0.231. The Labute approximate surface area is 115 Å². The van der Waals surface area contributed by atoms with E-state index in [1.807, 2.05) is 24.3 Å². The summed E-state index contributed by atoms with van der Waals surface area (Å²) < 4.78 is 1.25. The molecule has 0 unspecified atom stereocenters. The topological polar surface area (TPSA) is 80.1 Å². The molecule has 20 heavy (non-hydrogen) atoms. The Morgan fingerprint density at radius 3 is 2.70 bits per heavy atom. The summed E-state index contributed by atoms with van der Waals surface area (Å²) in [6, 6.07) is 7.64. The van der Waals surface area contributed by atoms with Gasteiger partial charge in [0.2, 0.25) is 0 Å². The first-order chi connectivity index (χ1) is 9.75. The highest BCUT2D eigenvalue weighted by molar-refractivity contribution is 6.43. The summed E-state index contributed by atoms with van der Waals surface area (Å²) in [6.07, 6.45) is 4.40. The lowest BCUT2D eigenvalue weighted by atomic mass is 10.0. The fourth-order valence-corrected chi connectivity index (χ4v) is 2.29. The Morgan fingerprint density at radius 1 is 1.15 bits per heavy atom.